The van der Waals surface area contributed by atoms with E-state index in [1.54, 1.807) is 0 Å². The van der Waals surface area contributed by atoms with Gasteiger partial charge in [0.15, 0.2) is 0 Å². The highest BCUT2D eigenvalue weighted by Gasteiger charge is 2.41. The van der Waals surface area contributed by atoms with Gasteiger partial charge < -0.3 is 5.32 Å². The van der Waals surface area contributed by atoms with Crippen LogP contribution >= 0.6 is 23.5 Å². The zero-order chi connectivity index (χ0) is 9.42. The van der Waals surface area contributed by atoms with E-state index in [0.717, 1.165) is 11.8 Å². The molecule has 2 aliphatic heterocycles. The maximum Gasteiger partial charge on any atom is 0.286 e. The lowest BCUT2D eigenvalue weighted by atomic mass is 10.4. The van der Waals surface area contributed by atoms with Gasteiger partial charge in [-0.05, 0) is 11.8 Å². The Balaban J connectivity index is 2.05. The molecule has 2 aliphatic rings. The molecule has 0 bridgehead atoms. The first-order valence-corrected chi connectivity index (χ1v) is 5.30. The van der Waals surface area contributed by atoms with Gasteiger partial charge in [0, 0.05) is 0 Å². The van der Waals surface area contributed by atoms with Gasteiger partial charge in [0.05, 0.1) is 5.37 Å². The van der Waals surface area contributed by atoms with Crippen LogP contribution in [0.2, 0.25) is 0 Å². The van der Waals surface area contributed by atoms with Crippen LogP contribution in [0.1, 0.15) is 0 Å². The van der Waals surface area contributed by atoms with Crippen molar-refractivity contribution >= 4 is 40.6 Å². The van der Waals surface area contributed by atoms with Gasteiger partial charge in [0.25, 0.3) is 5.24 Å². The summed E-state index contributed by atoms with van der Waals surface area (Å²) in [6.07, 6.45) is 0. The van der Waals surface area contributed by atoms with E-state index in [1.807, 2.05) is 0 Å². The fraction of sp³-hybridized carbons (Fsp3) is 0.333. The summed E-state index contributed by atoms with van der Waals surface area (Å²) in [7, 11) is 0. The lowest BCUT2D eigenvalue weighted by Gasteiger charge is -2.11. The van der Waals surface area contributed by atoms with Crippen molar-refractivity contribution in [1.29, 1.82) is 0 Å². The molecule has 3 amide bonds. The minimum atomic E-state index is -0.500. The van der Waals surface area contributed by atoms with Crippen molar-refractivity contribution in [3.8, 4) is 0 Å². The lowest BCUT2D eigenvalue weighted by Crippen LogP contribution is -2.38. The highest BCUT2D eigenvalue weighted by atomic mass is 32.2. The average molecular weight is 217 g/mol. The van der Waals surface area contributed by atoms with Gasteiger partial charge in [-0.3, -0.25) is 19.7 Å². The quantitative estimate of drug-likeness (QED) is 0.630. The summed E-state index contributed by atoms with van der Waals surface area (Å²) in [5.41, 5.74) is 0. The summed E-state index contributed by atoms with van der Waals surface area (Å²) in [6, 6.07) is 0. The SMILES string of the molecule is O=C1[CH]SC(C2SC(=O)NC2=O)N1. The van der Waals surface area contributed by atoms with Crippen LogP contribution < -0.4 is 10.6 Å². The Kier molecular flexibility index (Phi) is 2.20. The maximum absolute atomic E-state index is 11.1. The number of amides is 3. The fourth-order valence-corrected chi connectivity index (χ4v) is 2.96. The minimum Gasteiger partial charge on any atom is -0.342 e. The third-order valence-electron chi connectivity index (χ3n) is 1.60. The van der Waals surface area contributed by atoms with Crippen molar-refractivity contribution in [2.45, 2.75) is 10.6 Å². The molecule has 0 aromatic heterocycles. The number of carbonyl (C=O) groups excluding carboxylic acids is 3. The molecule has 0 spiro atoms. The molecule has 69 valence electrons. The van der Waals surface area contributed by atoms with Crippen molar-refractivity contribution in [3.05, 3.63) is 5.75 Å². The summed E-state index contributed by atoms with van der Waals surface area (Å²) in [5.74, 6) is 0.868. The molecular formula is C6H5N2O3S2. The monoisotopic (exact) mass is 217 g/mol. The first kappa shape index (κ1) is 8.89. The van der Waals surface area contributed by atoms with E-state index in [9.17, 15) is 14.4 Å². The van der Waals surface area contributed by atoms with Crippen LogP contribution in [0.15, 0.2) is 0 Å². The van der Waals surface area contributed by atoms with Crippen LogP contribution in [0.5, 0.6) is 0 Å². The van der Waals surface area contributed by atoms with E-state index >= 15 is 0 Å². The zero-order valence-corrected chi connectivity index (χ0v) is 7.91. The number of imide groups is 1. The number of thioether (sulfide) groups is 2. The smallest absolute Gasteiger partial charge is 0.286 e. The van der Waals surface area contributed by atoms with E-state index in [-0.39, 0.29) is 22.4 Å². The Morgan fingerprint density at radius 2 is 2.08 bits per heavy atom. The number of carbonyl (C=O) groups is 3. The molecule has 2 N–H and O–H groups in total. The predicted molar refractivity (Wildman–Crippen MR) is 48.7 cm³/mol. The molecule has 13 heavy (non-hydrogen) atoms. The molecule has 1 radical (unpaired) electrons. The van der Waals surface area contributed by atoms with E-state index in [0.29, 0.717) is 0 Å². The minimum absolute atomic E-state index is 0.206. The number of hydrogen-bond acceptors (Lipinski definition) is 5. The van der Waals surface area contributed by atoms with Crippen molar-refractivity contribution in [3.63, 3.8) is 0 Å². The Labute approximate surface area is 82.4 Å². The molecule has 5 nitrogen and oxygen atoms in total. The van der Waals surface area contributed by atoms with Crippen molar-refractivity contribution in [1.82, 2.24) is 10.6 Å². The van der Waals surface area contributed by atoms with Gasteiger partial charge in [0.1, 0.15) is 11.0 Å². The second kappa shape index (κ2) is 3.22. The van der Waals surface area contributed by atoms with E-state index in [4.69, 9.17) is 0 Å². The third-order valence-corrected chi connectivity index (χ3v) is 3.86. The molecule has 0 aromatic rings. The molecule has 0 aromatic carbocycles. The second-order valence-electron chi connectivity index (χ2n) is 2.50. The van der Waals surface area contributed by atoms with Crippen molar-refractivity contribution in [2.24, 2.45) is 0 Å². The summed E-state index contributed by atoms with van der Waals surface area (Å²) < 4.78 is 0. The molecule has 2 saturated heterocycles. The molecule has 2 heterocycles. The van der Waals surface area contributed by atoms with Gasteiger partial charge in [-0.15, -0.1) is 11.8 Å². The van der Waals surface area contributed by atoms with Crippen molar-refractivity contribution in [2.75, 3.05) is 0 Å². The second-order valence-corrected chi connectivity index (χ2v) is 4.63. The van der Waals surface area contributed by atoms with Crippen LogP contribution in [0.25, 0.3) is 0 Å². The predicted octanol–water partition coefficient (Wildman–Crippen LogP) is -0.311. The van der Waals surface area contributed by atoms with E-state index in [2.05, 4.69) is 10.6 Å². The highest BCUT2D eigenvalue weighted by Crippen LogP contribution is 2.32. The summed E-state index contributed by atoms with van der Waals surface area (Å²) in [6.45, 7) is 0. The Hall–Kier alpha value is -0.690. The molecule has 2 unspecified atom stereocenters. The first-order valence-electron chi connectivity index (χ1n) is 3.47. The Morgan fingerprint density at radius 1 is 1.31 bits per heavy atom. The van der Waals surface area contributed by atoms with E-state index < -0.39 is 5.25 Å². The topological polar surface area (TPSA) is 75.3 Å². The number of hydrogen-bond donors (Lipinski definition) is 2. The normalized spacial score (nSPS) is 33.4. The molecular weight excluding hydrogens is 212 g/mol. The Morgan fingerprint density at radius 3 is 2.54 bits per heavy atom. The van der Waals surface area contributed by atoms with Crippen LogP contribution in [0.4, 0.5) is 4.79 Å². The van der Waals surface area contributed by atoms with Gasteiger partial charge in [-0.1, -0.05) is 0 Å². The summed E-state index contributed by atoms with van der Waals surface area (Å²) in [4.78, 5) is 32.7. The van der Waals surface area contributed by atoms with E-state index in [1.165, 1.54) is 17.5 Å². The maximum atomic E-state index is 11.1. The molecule has 2 rings (SSSR count). The number of rotatable bonds is 1. The van der Waals surface area contributed by atoms with Crippen LogP contribution in [-0.4, -0.2) is 27.7 Å². The standard InChI is InChI=1S/C6H5N2O3S2/c9-2-1-12-5(7-2)3-4(10)8-6(11)13-3/h1,3,5H,(H,7,9)(H,8,10,11). The first-order chi connectivity index (χ1) is 6.16. The molecule has 2 fully saturated rings. The summed E-state index contributed by atoms with van der Waals surface area (Å²) in [5, 5.41) is 3.58. The highest BCUT2D eigenvalue weighted by molar-refractivity contribution is 8.16. The third kappa shape index (κ3) is 1.66. The van der Waals surface area contributed by atoms with Crippen LogP contribution in [0, 0.1) is 5.75 Å². The number of nitrogens with one attached hydrogen (secondary N) is 2. The van der Waals surface area contributed by atoms with Crippen LogP contribution in [-0.2, 0) is 9.59 Å². The molecule has 7 heteroatoms. The van der Waals surface area contributed by atoms with Gasteiger partial charge >= 0.3 is 0 Å². The fourth-order valence-electron chi connectivity index (χ4n) is 1.06. The van der Waals surface area contributed by atoms with Crippen LogP contribution in [0.3, 0.4) is 0 Å². The van der Waals surface area contributed by atoms with Crippen molar-refractivity contribution < 1.29 is 14.4 Å². The van der Waals surface area contributed by atoms with Gasteiger partial charge in [-0.2, -0.15) is 0 Å². The average Bonchev–Trinajstić information content (AvgIpc) is 2.58. The van der Waals surface area contributed by atoms with Gasteiger partial charge in [0.2, 0.25) is 11.8 Å². The zero-order valence-electron chi connectivity index (χ0n) is 6.27. The largest absolute Gasteiger partial charge is 0.342 e. The molecule has 0 saturated carbocycles. The summed E-state index contributed by atoms with van der Waals surface area (Å²) >= 11 is 2.15. The lowest BCUT2D eigenvalue weighted by molar-refractivity contribution is -0.119. The van der Waals surface area contributed by atoms with Gasteiger partial charge in [-0.25, -0.2) is 0 Å². The molecule has 2 atom stereocenters. The molecule has 0 aliphatic carbocycles. The Bertz CT molecular complexity index is 294.